The van der Waals surface area contributed by atoms with Crippen LogP contribution in [0.5, 0.6) is 5.75 Å². The Balaban J connectivity index is 2.28. The van der Waals surface area contributed by atoms with Crippen molar-refractivity contribution in [2.75, 3.05) is 7.11 Å². The van der Waals surface area contributed by atoms with E-state index in [1.54, 1.807) is 18.2 Å². The van der Waals surface area contributed by atoms with E-state index < -0.39 is 12.1 Å². The van der Waals surface area contributed by atoms with Crippen molar-refractivity contribution in [1.29, 1.82) is 0 Å². The smallest absolute Gasteiger partial charge is 0.346 e. The molecule has 3 rings (SSSR count). The van der Waals surface area contributed by atoms with Gasteiger partial charge in [-0.15, -0.1) is 0 Å². The van der Waals surface area contributed by atoms with Crippen molar-refractivity contribution >= 4 is 16.9 Å². The first-order chi connectivity index (χ1) is 11.9. The predicted molar refractivity (Wildman–Crippen MR) is 91.8 cm³/mol. The van der Waals surface area contributed by atoms with E-state index in [1.165, 1.54) is 20.3 Å². The van der Waals surface area contributed by atoms with Crippen molar-refractivity contribution in [3.05, 3.63) is 51.9 Å². The van der Waals surface area contributed by atoms with Crippen molar-refractivity contribution in [2.45, 2.75) is 26.9 Å². The van der Waals surface area contributed by atoms with Gasteiger partial charge in [-0.25, -0.2) is 4.79 Å². The number of esters is 1. The number of furan rings is 1. The molecule has 2 heterocycles. The molecule has 0 amide bonds. The van der Waals surface area contributed by atoms with Gasteiger partial charge in [0.25, 0.3) is 0 Å². The Labute approximate surface area is 144 Å². The first kappa shape index (κ1) is 16.8. The molecule has 6 nitrogen and oxygen atoms in total. The first-order valence-electron chi connectivity index (χ1n) is 7.78. The normalized spacial score (nSPS) is 12.2. The zero-order valence-corrected chi connectivity index (χ0v) is 14.4. The minimum absolute atomic E-state index is 0.0784. The minimum Gasteiger partial charge on any atom is -0.471 e. The van der Waals surface area contributed by atoms with Crippen LogP contribution in [0.3, 0.4) is 0 Å². The summed E-state index contributed by atoms with van der Waals surface area (Å²) in [5, 5.41) is 0.389. The molecule has 1 aromatic carbocycles. The fourth-order valence-corrected chi connectivity index (χ4v) is 2.70. The molecule has 3 aromatic rings. The van der Waals surface area contributed by atoms with Crippen molar-refractivity contribution in [3.63, 3.8) is 0 Å². The molecule has 0 aliphatic rings. The zero-order valence-electron chi connectivity index (χ0n) is 14.4. The van der Waals surface area contributed by atoms with Gasteiger partial charge in [-0.1, -0.05) is 6.07 Å². The second-order valence-corrected chi connectivity index (χ2v) is 5.81. The Hall–Kier alpha value is -3.02. The summed E-state index contributed by atoms with van der Waals surface area (Å²) in [7, 11) is 1.26. The Morgan fingerprint density at radius 2 is 2.00 bits per heavy atom. The van der Waals surface area contributed by atoms with E-state index >= 15 is 0 Å². The zero-order chi connectivity index (χ0) is 18.1. The van der Waals surface area contributed by atoms with Gasteiger partial charge in [0, 0.05) is 0 Å². The summed E-state index contributed by atoms with van der Waals surface area (Å²) in [6.45, 7) is 5.26. The maximum Gasteiger partial charge on any atom is 0.346 e. The number of methoxy groups -OCH3 is 1. The molecule has 0 saturated carbocycles. The molecule has 130 valence electrons. The highest BCUT2D eigenvalue weighted by Gasteiger charge is 2.25. The fourth-order valence-electron chi connectivity index (χ4n) is 2.70. The number of benzene rings is 1. The maximum absolute atomic E-state index is 13.0. The SMILES string of the molecule is COC(=O)C(C)Oc1c(-c2ccco2)oc2c(C)cc(C)cc2c1=O. The predicted octanol–water partition coefficient (Wildman–Crippen LogP) is 3.61. The molecule has 0 spiro atoms. The molecule has 0 fully saturated rings. The van der Waals surface area contributed by atoms with Gasteiger partial charge >= 0.3 is 5.97 Å². The van der Waals surface area contributed by atoms with Crippen LogP contribution in [-0.2, 0) is 9.53 Å². The van der Waals surface area contributed by atoms with E-state index in [4.69, 9.17) is 13.6 Å². The van der Waals surface area contributed by atoms with Crippen LogP contribution in [0, 0.1) is 13.8 Å². The van der Waals surface area contributed by atoms with E-state index in [1.807, 2.05) is 19.9 Å². The molecule has 0 radical (unpaired) electrons. The second-order valence-electron chi connectivity index (χ2n) is 5.81. The van der Waals surface area contributed by atoms with E-state index in [0.717, 1.165) is 11.1 Å². The Kier molecular flexibility index (Phi) is 4.35. The lowest BCUT2D eigenvalue weighted by Gasteiger charge is -2.15. The summed E-state index contributed by atoms with van der Waals surface area (Å²) in [6, 6.07) is 6.99. The lowest BCUT2D eigenvalue weighted by Crippen LogP contribution is -2.27. The number of carbonyl (C=O) groups is 1. The highest BCUT2D eigenvalue weighted by atomic mass is 16.6. The number of hydrogen-bond donors (Lipinski definition) is 0. The summed E-state index contributed by atoms with van der Waals surface area (Å²) in [4.78, 5) is 24.7. The summed E-state index contributed by atoms with van der Waals surface area (Å²) in [6.07, 6.45) is 0.500. The van der Waals surface area contributed by atoms with Gasteiger partial charge in [-0.3, -0.25) is 4.79 Å². The van der Waals surface area contributed by atoms with Gasteiger partial charge in [-0.05, 0) is 50.1 Å². The van der Waals surface area contributed by atoms with Crippen molar-refractivity contribution in [1.82, 2.24) is 0 Å². The number of carbonyl (C=O) groups excluding carboxylic acids is 1. The molecule has 0 aliphatic heterocycles. The van der Waals surface area contributed by atoms with E-state index in [0.29, 0.717) is 16.7 Å². The van der Waals surface area contributed by atoms with Crippen LogP contribution < -0.4 is 10.2 Å². The summed E-state index contributed by atoms with van der Waals surface area (Å²) >= 11 is 0. The standard InChI is InChI=1S/C19H18O6/c1-10-8-11(2)16-13(9-10)15(20)18(24-12(3)19(21)22-4)17(25-16)14-6-5-7-23-14/h5-9,12H,1-4H3. The average molecular weight is 342 g/mol. The van der Waals surface area contributed by atoms with Crippen LogP contribution in [0.25, 0.3) is 22.5 Å². The number of fused-ring (bicyclic) bond motifs is 1. The lowest BCUT2D eigenvalue weighted by molar-refractivity contribution is -0.147. The molecule has 2 aromatic heterocycles. The molecule has 0 bridgehead atoms. The van der Waals surface area contributed by atoms with Crippen LogP contribution in [0.2, 0.25) is 0 Å². The van der Waals surface area contributed by atoms with E-state index in [9.17, 15) is 9.59 Å². The van der Waals surface area contributed by atoms with E-state index in [2.05, 4.69) is 4.74 Å². The summed E-state index contributed by atoms with van der Waals surface area (Å²) in [5.41, 5.74) is 1.85. The maximum atomic E-state index is 13.0. The van der Waals surface area contributed by atoms with Crippen LogP contribution in [0.4, 0.5) is 0 Å². The summed E-state index contributed by atoms with van der Waals surface area (Å²) < 4.78 is 21.6. The topological polar surface area (TPSA) is 78.9 Å². The third-order valence-corrected chi connectivity index (χ3v) is 3.85. The van der Waals surface area contributed by atoms with E-state index in [-0.39, 0.29) is 16.9 Å². The second kappa shape index (κ2) is 6.47. The molecule has 0 N–H and O–H groups in total. The molecule has 0 aliphatic carbocycles. The molecule has 0 saturated heterocycles. The number of rotatable bonds is 4. The Bertz CT molecular complexity index is 981. The van der Waals surface area contributed by atoms with Crippen molar-refractivity contribution in [3.8, 4) is 17.3 Å². The van der Waals surface area contributed by atoms with Gasteiger partial charge in [0.1, 0.15) is 5.58 Å². The summed E-state index contributed by atoms with van der Waals surface area (Å²) in [5.74, 6) is -0.188. The van der Waals surface area contributed by atoms with Gasteiger partial charge < -0.3 is 18.3 Å². The molecule has 6 heteroatoms. The highest BCUT2D eigenvalue weighted by molar-refractivity contribution is 5.84. The Morgan fingerprint density at radius 1 is 1.24 bits per heavy atom. The molecule has 1 atom stereocenters. The van der Waals surface area contributed by atoms with Gasteiger partial charge in [0.15, 0.2) is 11.9 Å². The van der Waals surface area contributed by atoms with Crippen LogP contribution in [0.15, 0.2) is 44.2 Å². The average Bonchev–Trinajstić information content (AvgIpc) is 3.11. The molecule has 25 heavy (non-hydrogen) atoms. The van der Waals surface area contributed by atoms with Crippen molar-refractivity contribution in [2.24, 2.45) is 0 Å². The van der Waals surface area contributed by atoms with Gasteiger partial charge in [0.05, 0.1) is 18.8 Å². The Morgan fingerprint density at radius 3 is 2.64 bits per heavy atom. The third kappa shape index (κ3) is 3.03. The largest absolute Gasteiger partial charge is 0.471 e. The van der Waals surface area contributed by atoms with Crippen LogP contribution in [-0.4, -0.2) is 19.2 Å². The molecular weight excluding hydrogens is 324 g/mol. The number of aryl methyl sites for hydroxylation is 2. The quantitative estimate of drug-likeness (QED) is 0.674. The third-order valence-electron chi connectivity index (χ3n) is 3.85. The first-order valence-corrected chi connectivity index (χ1v) is 7.78. The lowest BCUT2D eigenvalue weighted by atomic mass is 10.1. The molecular formula is C19H18O6. The van der Waals surface area contributed by atoms with Gasteiger partial charge in [-0.2, -0.15) is 0 Å². The fraction of sp³-hybridized carbons (Fsp3) is 0.263. The van der Waals surface area contributed by atoms with Crippen molar-refractivity contribution < 1.29 is 23.1 Å². The number of ether oxygens (including phenoxy) is 2. The monoisotopic (exact) mass is 342 g/mol. The van der Waals surface area contributed by atoms with Crippen LogP contribution in [0.1, 0.15) is 18.1 Å². The minimum atomic E-state index is -0.968. The highest BCUT2D eigenvalue weighted by Crippen LogP contribution is 2.33. The molecule has 1 unspecified atom stereocenters. The van der Waals surface area contributed by atoms with Gasteiger partial charge in [0.2, 0.25) is 16.9 Å². The van der Waals surface area contributed by atoms with Crippen LogP contribution >= 0.6 is 0 Å². The number of hydrogen-bond acceptors (Lipinski definition) is 6.